The molecule has 1 saturated carbocycles. The Balaban J connectivity index is 1.74. The van der Waals surface area contributed by atoms with Crippen molar-refractivity contribution in [3.05, 3.63) is 5.82 Å². The van der Waals surface area contributed by atoms with Crippen molar-refractivity contribution in [2.24, 2.45) is 11.8 Å². The number of hydrogen-bond acceptors (Lipinski definition) is 5. The minimum Gasteiger partial charge on any atom is -0.481 e. The summed E-state index contributed by atoms with van der Waals surface area (Å²) in [5, 5.41) is 10.1. The molecule has 1 N–H and O–H groups in total. The Kier molecular flexibility index (Phi) is 2.97. The van der Waals surface area contributed by atoms with Gasteiger partial charge < -0.3 is 10.0 Å². The summed E-state index contributed by atoms with van der Waals surface area (Å²) in [5.41, 5.74) is 0. The van der Waals surface area contributed by atoms with Crippen LogP contribution in [-0.4, -0.2) is 33.5 Å². The van der Waals surface area contributed by atoms with E-state index >= 15 is 0 Å². The normalized spacial score (nSPS) is 28.4. The van der Waals surface area contributed by atoms with Crippen LogP contribution >= 0.6 is 11.5 Å². The highest BCUT2D eigenvalue weighted by molar-refractivity contribution is 7.09. The molecule has 0 spiro atoms. The van der Waals surface area contributed by atoms with Gasteiger partial charge in [-0.2, -0.15) is 4.37 Å². The molecule has 6 heteroatoms. The fraction of sp³-hybridized carbons (Fsp3) is 0.750. The Hall–Kier alpha value is -1.17. The molecule has 5 nitrogen and oxygen atoms in total. The summed E-state index contributed by atoms with van der Waals surface area (Å²) in [5.74, 6) is 0.946. The van der Waals surface area contributed by atoms with Gasteiger partial charge in [-0.15, -0.1) is 0 Å². The molecule has 18 heavy (non-hydrogen) atoms. The fourth-order valence-electron chi connectivity index (χ4n) is 2.55. The third kappa shape index (κ3) is 2.34. The Labute approximate surface area is 110 Å². The molecule has 0 aromatic carbocycles. The van der Waals surface area contributed by atoms with Gasteiger partial charge in [0.1, 0.15) is 5.82 Å². The van der Waals surface area contributed by atoms with Gasteiger partial charge in [0, 0.05) is 30.5 Å². The lowest BCUT2D eigenvalue weighted by Gasteiger charge is -2.34. The lowest BCUT2D eigenvalue weighted by molar-refractivity contribution is -0.142. The van der Waals surface area contributed by atoms with E-state index in [1.54, 1.807) is 0 Å². The average molecular weight is 267 g/mol. The molecule has 1 aliphatic carbocycles. The number of anilines is 1. The molecule has 0 bridgehead atoms. The van der Waals surface area contributed by atoms with E-state index in [9.17, 15) is 4.79 Å². The molecular weight excluding hydrogens is 250 g/mol. The SMILES string of the molecule is CC1CC(C(=O)O)CN(c2nc(C3CC3)ns2)C1. The second-order valence-corrected chi connectivity index (χ2v) is 6.22. The molecule has 0 radical (unpaired) electrons. The monoisotopic (exact) mass is 267 g/mol. The maximum Gasteiger partial charge on any atom is 0.308 e. The number of nitrogens with zero attached hydrogens (tertiary/aromatic N) is 3. The second kappa shape index (κ2) is 4.50. The van der Waals surface area contributed by atoms with E-state index in [0.717, 1.165) is 23.9 Å². The molecule has 2 aliphatic rings. The van der Waals surface area contributed by atoms with Gasteiger partial charge in [-0.05, 0) is 25.2 Å². The van der Waals surface area contributed by atoms with Crippen molar-refractivity contribution in [2.75, 3.05) is 18.0 Å². The molecule has 1 aromatic rings. The predicted molar refractivity (Wildman–Crippen MR) is 69.0 cm³/mol. The first-order valence-corrected chi connectivity index (χ1v) is 7.22. The topological polar surface area (TPSA) is 66.3 Å². The summed E-state index contributed by atoms with van der Waals surface area (Å²) in [4.78, 5) is 17.8. The quantitative estimate of drug-likeness (QED) is 0.907. The lowest BCUT2D eigenvalue weighted by Crippen LogP contribution is -2.42. The van der Waals surface area contributed by atoms with Gasteiger partial charge >= 0.3 is 5.97 Å². The maximum atomic E-state index is 11.1. The van der Waals surface area contributed by atoms with Gasteiger partial charge in [-0.3, -0.25) is 4.79 Å². The summed E-state index contributed by atoms with van der Waals surface area (Å²) in [7, 11) is 0. The van der Waals surface area contributed by atoms with Crippen LogP contribution in [0.1, 0.15) is 37.9 Å². The van der Waals surface area contributed by atoms with Gasteiger partial charge in [0.2, 0.25) is 5.13 Å². The van der Waals surface area contributed by atoms with Gasteiger partial charge in [0.25, 0.3) is 0 Å². The van der Waals surface area contributed by atoms with Crippen LogP contribution in [0, 0.1) is 11.8 Å². The van der Waals surface area contributed by atoms with Crippen LogP contribution in [0.4, 0.5) is 5.13 Å². The number of carbonyl (C=O) groups is 1. The van der Waals surface area contributed by atoms with Crippen molar-refractivity contribution >= 4 is 22.6 Å². The zero-order chi connectivity index (χ0) is 12.7. The summed E-state index contributed by atoms with van der Waals surface area (Å²) in [6, 6.07) is 0. The van der Waals surface area contributed by atoms with Crippen LogP contribution in [0.15, 0.2) is 0 Å². The van der Waals surface area contributed by atoms with Crippen molar-refractivity contribution in [2.45, 2.75) is 32.1 Å². The maximum absolute atomic E-state index is 11.1. The van der Waals surface area contributed by atoms with Crippen molar-refractivity contribution in [3.63, 3.8) is 0 Å². The summed E-state index contributed by atoms with van der Waals surface area (Å²) < 4.78 is 4.39. The van der Waals surface area contributed by atoms with Gasteiger partial charge in [-0.1, -0.05) is 6.92 Å². The number of aromatic nitrogens is 2. The molecule has 2 heterocycles. The molecule has 1 saturated heterocycles. The molecule has 98 valence electrons. The third-order valence-corrected chi connectivity index (χ3v) is 4.44. The summed E-state index contributed by atoms with van der Waals surface area (Å²) >= 11 is 1.41. The highest BCUT2D eigenvalue weighted by Crippen LogP contribution is 2.40. The predicted octanol–water partition coefficient (Wildman–Crippen LogP) is 1.96. The number of aliphatic carboxylic acids is 1. The highest BCUT2D eigenvalue weighted by Gasteiger charge is 2.33. The van der Waals surface area contributed by atoms with Gasteiger partial charge in [0.05, 0.1) is 5.92 Å². The van der Waals surface area contributed by atoms with Crippen molar-refractivity contribution in [1.82, 2.24) is 9.36 Å². The first-order valence-electron chi connectivity index (χ1n) is 6.45. The Morgan fingerprint density at radius 2 is 2.22 bits per heavy atom. The average Bonchev–Trinajstić information content (AvgIpc) is 3.06. The fourth-order valence-corrected chi connectivity index (χ4v) is 3.31. The summed E-state index contributed by atoms with van der Waals surface area (Å²) in [6.45, 7) is 3.56. The Morgan fingerprint density at radius 3 is 2.89 bits per heavy atom. The summed E-state index contributed by atoms with van der Waals surface area (Å²) in [6.07, 6.45) is 3.16. The van der Waals surface area contributed by atoms with Crippen molar-refractivity contribution in [3.8, 4) is 0 Å². The molecule has 0 amide bonds. The molecule has 2 atom stereocenters. The highest BCUT2D eigenvalue weighted by atomic mass is 32.1. The number of carboxylic acids is 1. The molecule has 2 unspecified atom stereocenters. The zero-order valence-corrected chi connectivity index (χ0v) is 11.2. The van der Waals surface area contributed by atoms with Crippen molar-refractivity contribution < 1.29 is 9.90 Å². The number of rotatable bonds is 3. The van der Waals surface area contributed by atoms with E-state index in [0.29, 0.717) is 18.4 Å². The Morgan fingerprint density at radius 1 is 1.44 bits per heavy atom. The number of hydrogen-bond donors (Lipinski definition) is 1. The van der Waals surface area contributed by atoms with E-state index in [1.165, 1.54) is 24.4 Å². The number of piperidine rings is 1. The Bertz CT molecular complexity index is 458. The molecule has 1 aromatic heterocycles. The number of carboxylic acid groups (broad SMARTS) is 1. The van der Waals surface area contributed by atoms with E-state index in [1.807, 2.05) is 0 Å². The minimum absolute atomic E-state index is 0.276. The molecule has 1 aliphatic heterocycles. The van der Waals surface area contributed by atoms with Gasteiger partial charge in [-0.25, -0.2) is 4.98 Å². The van der Waals surface area contributed by atoms with E-state index < -0.39 is 5.97 Å². The van der Waals surface area contributed by atoms with E-state index in [-0.39, 0.29) is 5.92 Å². The van der Waals surface area contributed by atoms with Crippen LogP contribution in [0.2, 0.25) is 0 Å². The van der Waals surface area contributed by atoms with Crippen LogP contribution in [0.3, 0.4) is 0 Å². The van der Waals surface area contributed by atoms with Crippen molar-refractivity contribution in [1.29, 1.82) is 0 Å². The third-order valence-electron chi connectivity index (χ3n) is 3.65. The van der Waals surface area contributed by atoms with Crippen LogP contribution in [-0.2, 0) is 4.79 Å². The van der Waals surface area contributed by atoms with Crippen LogP contribution in [0.25, 0.3) is 0 Å². The van der Waals surface area contributed by atoms with E-state index in [4.69, 9.17) is 5.11 Å². The first-order chi connectivity index (χ1) is 8.63. The standard InChI is InChI=1S/C12H17N3O2S/c1-7-4-9(11(16)17)6-15(5-7)12-13-10(14-18-12)8-2-3-8/h7-9H,2-6H2,1H3,(H,16,17). The van der Waals surface area contributed by atoms with E-state index in [2.05, 4.69) is 21.2 Å². The minimum atomic E-state index is -0.696. The van der Waals surface area contributed by atoms with Crippen LogP contribution < -0.4 is 4.90 Å². The molecule has 2 fully saturated rings. The van der Waals surface area contributed by atoms with Gasteiger partial charge in [0.15, 0.2) is 0 Å². The van der Waals surface area contributed by atoms with Crippen LogP contribution in [0.5, 0.6) is 0 Å². The zero-order valence-electron chi connectivity index (χ0n) is 10.4. The molecule has 3 rings (SSSR count). The second-order valence-electron chi connectivity index (χ2n) is 5.49. The largest absolute Gasteiger partial charge is 0.481 e. The molecular formula is C12H17N3O2S. The lowest BCUT2D eigenvalue weighted by atomic mass is 9.91. The smallest absolute Gasteiger partial charge is 0.308 e. The first kappa shape index (κ1) is 11.9.